The van der Waals surface area contributed by atoms with E-state index in [4.69, 9.17) is 5.26 Å². The van der Waals surface area contributed by atoms with E-state index in [9.17, 15) is 9.59 Å². The number of carbonyl (C=O) groups is 2. The summed E-state index contributed by atoms with van der Waals surface area (Å²) in [7, 11) is 0. The van der Waals surface area contributed by atoms with Crippen LogP contribution in [0.3, 0.4) is 0 Å². The van der Waals surface area contributed by atoms with E-state index in [1.807, 2.05) is 6.07 Å². The van der Waals surface area contributed by atoms with Crippen LogP contribution in [0, 0.1) is 11.3 Å². The number of hydrogen-bond acceptors (Lipinski definition) is 3. The fourth-order valence-electron chi connectivity index (χ4n) is 1.62. The quantitative estimate of drug-likeness (QED) is 0.640. The number of carbonyl (C=O) groups excluding carboxylic acids is 2. The molecule has 0 aliphatic carbocycles. The number of benzene rings is 1. The molecule has 0 aromatic heterocycles. The minimum absolute atomic E-state index is 0.379. The number of amides is 2. The molecule has 0 radical (unpaired) electrons. The maximum atomic E-state index is 11.8. The largest absolute Gasteiger partial charge is 0.269 e. The Balaban J connectivity index is 2.51. The molecule has 2 rings (SSSR count). The normalized spacial score (nSPS) is 16.1. The molecule has 1 atom stereocenters. The van der Waals surface area contributed by atoms with Crippen LogP contribution in [0.4, 0.5) is 0 Å². The highest BCUT2D eigenvalue weighted by Crippen LogP contribution is 2.23. The molecule has 0 saturated heterocycles. The van der Waals surface area contributed by atoms with Gasteiger partial charge in [-0.15, -0.1) is 0 Å². The maximum absolute atomic E-state index is 11.8. The van der Waals surface area contributed by atoms with E-state index in [2.05, 4.69) is 0 Å². The van der Waals surface area contributed by atoms with E-state index < -0.39 is 6.04 Å². The van der Waals surface area contributed by atoms with Crippen molar-refractivity contribution in [2.24, 2.45) is 0 Å². The van der Waals surface area contributed by atoms with Crippen LogP contribution in [-0.4, -0.2) is 22.8 Å². The van der Waals surface area contributed by atoms with E-state index in [1.165, 1.54) is 6.92 Å². The van der Waals surface area contributed by atoms with Crippen LogP contribution in [0.25, 0.3) is 0 Å². The first-order valence-corrected chi connectivity index (χ1v) is 4.53. The van der Waals surface area contributed by atoms with Gasteiger partial charge in [-0.3, -0.25) is 14.5 Å². The van der Waals surface area contributed by atoms with Gasteiger partial charge in [0.2, 0.25) is 0 Å². The Hall–Kier alpha value is -2.15. The first-order chi connectivity index (χ1) is 7.16. The van der Waals surface area contributed by atoms with E-state index in [1.54, 1.807) is 24.3 Å². The summed E-state index contributed by atoms with van der Waals surface area (Å²) in [6.07, 6.45) is 0. The molecule has 1 aliphatic rings. The number of imide groups is 1. The van der Waals surface area contributed by atoms with E-state index in [0.29, 0.717) is 11.1 Å². The Labute approximate surface area is 86.7 Å². The number of nitrogens with zero attached hydrogens (tertiary/aromatic N) is 2. The van der Waals surface area contributed by atoms with Crippen molar-refractivity contribution < 1.29 is 9.59 Å². The number of hydrogen-bond donors (Lipinski definition) is 0. The Bertz CT molecular complexity index is 453. The average Bonchev–Trinajstić information content (AvgIpc) is 2.52. The van der Waals surface area contributed by atoms with Crippen molar-refractivity contribution in [2.45, 2.75) is 13.0 Å². The van der Waals surface area contributed by atoms with E-state index in [-0.39, 0.29) is 11.8 Å². The molecule has 15 heavy (non-hydrogen) atoms. The molecular formula is C11H8N2O2. The standard InChI is InChI=1S/C11H8N2O2/c1-7(6-12)13-10(14)8-4-2-3-5-9(8)11(13)15/h2-5,7H,1H3/t7-/m0/s1. The second kappa shape index (κ2) is 3.21. The molecule has 0 fully saturated rings. The predicted octanol–water partition coefficient (Wildman–Crippen LogP) is 1.19. The lowest BCUT2D eigenvalue weighted by molar-refractivity contribution is 0.0629. The third-order valence-electron chi connectivity index (χ3n) is 2.40. The molecule has 0 bridgehead atoms. The molecule has 1 heterocycles. The topological polar surface area (TPSA) is 61.2 Å². The third-order valence-corrected chi connectivity index (χ3v) is 2.40. The van der Waals surface area contributed by atoms with Crippen LogP contribution in [0.15, 0.2) is 24.3 Å². The first-order valence-electron chi connectivity index (χ1n) is 4.53. The lowest BCUT2D eigenvalue weighted by Gasteiger charge is -2.15. The highest BCUT2D eigenvalue weighted by atomic mass is 16.2. The van der Waals surface area contributed by atoms with Crippen molar-refractivity contribution in [3.05, 3.63) is 35.4 Å². The van der Waals surface area contributed by atoms with Gasteiger partial charge >= 0.3 is 0 Å². The summed E-state index contributed by atoms with van der Waals surface area (Å²) in [5.41, 5.74) is 0.759. The fourth-order valence-corrected chi connectivity index (χ4v) is 1.62. The van der Waals surface area contributed by atoms with Crippen LogP contribution >= 0.6 is 0 Å². The van der Waals surface area contributed by atoms with Gasteiger partial charge in [-0.25, -0.2) is 0 Å². The Kier molecular flexibility index (Phi) is 2.01. The van der Waals surface area contributed by atoms with Crippen molar-refractivity contribution in [3.8, 4) is 6.07 Å². The molecule has 4 heteroatoms. The van der Waals surface area contributed by atoms with Crippen LogP contribution in [0.1, 0.15) is 27.6 Å². The second-order valence-corrected chi connectivity index (χ2v) is 3.33. The first kappa shape index (κ1) is 9.41. The minimum atomic E-state index is -0.725. The van der Waals surface area contributed by atoms with Gasteiger partial charge in [-0.1, -0.05) is 12.1 Å². The van der Waals surface area contributed by atoms with Crippen LogP contribution in [-0.2, 0) is 0 Å². The van der Waals surface area contributed by atoms with Crippen LogP contribution in [0.2, 0.25) is 0 Å². The SMILES string of the molecule is C[C@@H](C#N)N1C(=O)c2ccccc2C1=O. The van der Waals surface area contributed by atoms with Crippen LogP contribution in [0.5, 0.6) is 0 Å². The summed E-state index contributed by atoms with van der Waals surface area (Å²) >= 11 is 0. The van der Waals surface area contributed by atoms with E-state index >= 15 is 0 Å². The lowest BCUT2D eigenvalue weighted by Crippen LogP contribution is -2.36. The highest BCUT2D eigenvalue weighted by molar-refractivity contribution is 6.21. The molecule has 74 valence electrons. The lowest BCUT2D eigenvalue weighted by atomic mass is 10.1. The average molecular weight is 200 g/mol. The third kappa shape index (κ3) is 1.21. The maximum Gasteiger partial charge on any atom is 0.262 e. The molecule has 0 saturated carbocycles. The molecule has 1 aromatic rings. The highest BCUT2D eigenvalue weighted by Gasteiger charge is 2.37. The van der Waals surface area contributed by atoms with Crippen molar-refractivity contribution >= 4 is 11.8 Å². The monoisotopic (exact) mass is 200 g/mol. The second-order valence-electron chi connectivity index (χ2n) is 3.33. The molecule has 0 spiro atoms. The molecule has 0 unspecified atom stereocenters. The summed E-state index contributed by atoms with van der Waals surface area (Å²) in [5, 5.41) is 8.71. The number of fused-ring (bicyclic) bond motifs is 1. The molecule has 0 N–H and O–H groups in total. The molecule has 2 amide bonds. The Morgan fingerprint density at radius 1 is 1.20 bits per heavy atom. The Morgan fingerprint density at radius 3 is 2.07 bits per heavy atom. The van der Waals surface area contributed by atoms with Crippen molar-refractivity contribution in [3.63, 3.8) is 0 Å². The van der Waals surface area contributed by atoms with Crippen LogP contribution < -0.4 is 0 Å². The zero-order valence-electron chi connectivity index (χ0n) is 8.10. The van der Waals surface area contributed by atoms with Gasteiger partial charge in [0.15, 0.2) is 0 Å². The van der Waals surface area contributed by atoms with Gasteiger partial charge in [0.25, 0.3) is 11.8 Å². The molecular weight excluding hydrogens is 192 g/mol. The van der Waals surface area contributed by atoms with Gasteiger partial charge in [-0.05, 0) is 19.1 Å². The summed E-state index contributed by atoms with van der Waals surface area (Å²) in [5.74, 6) is -0.769. The Morgan fingerprint density at radius 2 is 1.67 bits per heavy atom. The van der Waals surface area contributed by atoms with Gasteiger partial charge < -0.3 is 0 Å². The fraction of sp³-hybridized carbons (Fsp3) is 0.182. The summed E-state index contributed by atoms with van der Waals surface area (Å²) in [4.78, 5) is 24.5. The summed E-state index contributed by atoms with van der Waals surface area (Å²) in [6, 6.07) is 7.75. The zero-order valence-corrected chi connectivity index (χ0v) is 8.10. The number of nitriles is 1. The molecule has 4 nitrogen and oxygen atoms in total. The van der Waals surface area contributed by atoms with Gasteiger partial charge in [-0.2, -0.15) is 5.26 Å². The molecule has 1 aliphatic heterocycles. The van der Waals surface area contributed by atoms with Crippen molar-refractivity contribution in [1.29, 1.82) is 5.26 Å². The van der Waals surface area contributed by atoms with Gasteiger partial charge in [0.1, 0.15) is 6.04 Å². The number of rotatable bonds is 1. The minimum Gasteiger partial charge on any atom is -0.269 e. The van der Waals surface area contributed by atoms with Crippen molar-refractivity contribution in [2.75, 3.05) is 0 Å². The smallest absolute Gasteiger partial charge is 0.262 e. The summed E-state index contributed by atoms with van der Waals surface area (Å²) < 4.78 is 0. The zero-order chi connectivity index (χ0) is 11.0. The summed E-state index contributed by atoms with van der Waals surface area (Å²) in [6.45, 7) is 1.53. The van der Waals surface area contributed by atoms with Gasteiger partial charge in [0.05, 0.1) is 17.2 Å². The van der Waals surface area contributed by atoms with Gasteiger partial charge in [0, 0.05) is 0 Å². The van der Waals surface area contributed by atoms with E-state index in [0.717, 1.165) is 4.90 Å². The molecule has 1 aromatic carbocycles. The predicted molar refractivity (Wildman–Crippen MR) is 52.0 cm³/mol. The van der Waals surface area contributed by atoms with Crippen molar-refractivity contribution in [1.82, 2.24) is 4.90 Å².